The average Bonchev–Trinajstić information content (AvgIpc) is 3.21. The van der Waals surface area contributed by atoms with Crippen molar-refractivity contribution in [3.8, 4) is 11.4 Å². The molecule has 0 saturated heterocycles. The number of nitrogens with one attached hydrogen (secondary N) is 1. The maximum absolute atomic E-state index is 13.5. The Morgan fingerprint density at radius 1 is 1.06 bits per heavy atom. The fraction of sp³-hybridized carbons (Fsp3) is 0.261. The molecule has 0 aliphatic carbocycles. The number of allylic oxidation sites excluding steroid dienone is 1. The minimum Gasteiger partial charge on any atom is -0.334 e. The van der Waals surface area contributed by atoms with Gasteiger partial charge in [-0.25, -0.2) is 13.6 Å². The van der Waals surface area contributed by atoms with Crippen LogP contribution in [0.2, 0.25) is 0 Å². The summed E-state index contributed by atoms with van der Waals surface area (Å²) < 4.78 is 32.3. The van der Waals surface area contributed by atoms with Crippen LogP contribution >= 0.6 is 0 Å². The Balaban J connectivity index is 1.80. The number of nitrogens with zero attached hydrogens (tertiary/aromatic N) is 3. The maximum Gasteiger partial charge on any atom is 0.322 e. The molecule has 160 valence electrons. The van der Waals surface area contributed by atoms with Gasteiger partial charge in [0.25, 0.3) is 5.89 Å². The number of urea groups is 1. The van der Waals surface area contributed by atoms with E-state index in [1.165, 1.54) is 24.3 Å². The number of rotatable bonds is 5. The van der Waals surface area contributed by atoms with Crippen LogP contribution in [0, 0.1) is 17.6 Å². The van der Waals surface area contributed by atoms with Gasteiger partial charge in [-0.2, -0.15) is 4.98 Å². The minimum atomic E-state index is -0.585. The van der Waals surface area contributed by atoms with Crippen LogP contribution in [0.3, 0.4) is 0 Å². The quantitative estimate of drug-likeness (QED) is 0.614. The van der Waals surface area contributed by atoms with Crippen LogP contribution in [-0.4, -0.2) is 27.6 Å². The summed E-state index contributed by atoms with van der Waals surface area (Å²) in [6.07, 6.45) is 0. The Kier molecular flexibility index (Phi) is 5.54. The molecule has 2 amide bonds. The molecule has 0 saturated carbocycles. The highest BCUT2D eigenvalue weighted by molar-refractivity contribution is 5.86. The number of hydrogen-bond donors (Lipinski definition) is 1. The highest BCUT2D eigenvalue weighted by Crippen LogP contribution is 2.37. The first-order chi connectivity index (χ1) is 14.8. The molecule has 8 heteroatoms. The van der Waals surface area contributed by atoms with Crippen molar-refractivity contribution in [1.82, 2.24) is 20.4 Å². The summed E-state index contributed by atoms with van der Waals surface area (Å²) in [5.74, 6) is 0.0508. The lowest BCUT2D eigenvalue weighted by molar-refractivity contribution is 0.199. The van der Waals surface area contributed by atoms with Gasteiger partial charge in [-0.05, 0) is 54.8 Å². The molecule has 3 aromatic rings. The van der Waals surface area contributed by atoms with E-state index in [1.807, 2.05) is 20.8 Å². The molecule has 1 aromatic heterocycles. The summed E-state index contributed by atoms with van der Waals surface area (Å²) >= 11 is 0. The summed E-state index contributed by atoms with van der Waals surface area (Å²) in [7, 11) is 0. The molecule has 1 unspecified atom stereocenters. The summed E-state index contributed by atoms with van der Waals surface area (Å²) in [6, 6.07) is 10.9. The molecule has 31 heavy (non-hydrogen) atoms. The smallest absolute Gasteiger partial charge is 0.322 e. The predicted molar refractivity (Wildman–Crippen MR) is 112 cm³/mol. The maximum atomic E-state index is 13.5. The van der Waals surface area contributed by atoms with E-state index >= 15 is 0 Å². The van der Waals surface area contributed by atoms with Crippen molar-refractivity contribution in [2.75, 3.05) is 6.54 Å². The van der Waals surface area contributed by atoms with Crippen LogP contribution in [0.5, 0.6) is 0 Å². The number of halogens is 2. The van der Waals surface area contributed by atoms with Gasteiger partial charge in [0.15, 0.2) is 0 Å². The van der Waals surface area contributed by atoms with E-state index in [1.54, 1.807) is 29.2 Å². The summed E-state index contributed by atoms with van der Waals surface area (Å²) in [5.41, 5.74) is 2.61. The fourth-order valence-corrected chi connectivity index (χ4v) is 3.60. The third-order valence-electron chi connectivity index (χ3n) is 5.11. The Morgan fingerprint density at radius 3 is 2.29 bits per heavy atom. The summed E-state index contributed by atoms with van der Waals surface area (Å²) in [6.45, 7) is 6.38. The van der Waals surface area contributed by atoms with Crippen molar-refractivity contribution in [1.29, 1.82) is 0 Å². The Labute approximate surface area is 178 Å². The highest BCUT2D eigenvalue weighted by atomic mass is 19.1. The molecule has 1 atom stereocenters. The van der Waals surface area contributed by atoms with Crippen molar-refractivity contribution in [2.45, 2.75) is 26.8 Å². The molecule has 4 rings (SSSR count). The number of aromatic nitrogens is 2. The van der Waals surface area contributed by atoms with Gasteiger partial charge in [0, 0.05) is 17.8 Å². The zero-order valence-electron chi connectivity index (χ0n) is 17.4. The fourth-order valence-electron chi connectivity index (χ4n) is 3.60. The lowest BCUT2D eigenvalue weighted by Crippen LogP contribution is -2.47. The first-order valence-electron chi connectivity index (χ1n) is 9.97. The first kappa shape index (κ1) is 20.7. The van der Waals surface area contributed by atoms with Gasteiger partial charge in [-0.3, -0.25) is 4.90 Å². The molecule has 0 bridgehead atoms. The lowest BCUT2D eigenvalue weighted by atomic mass is 9.94. The largest absolute Gasteiger partial charge is 0.334 e. The summed E-state index contributed by atoms with van der Waals surface area (Å²) in [4.78, 5) is 19.0. The second-order valence-electron chi connectivity index (χ2n) is 7.87. The number of benzene rings is 2. The van der Waals surface area contributed by atoms with E-state index in [0.29, 0.717) is 34.8 Å². The van der Waals surface area contributed by atoms with Gasteiger partial charge in [0.1, 0.15) is 11.6 Å². The van der Waals surface area contributed by atoms with Crippen LogP contribution in [0.1, 0.15) is 38.3 Å². The van der Waals surface area contributed by atoms with Gasteiger partial charge in [-0.15, -0.1) is 0 Å². The van der Waals surface area contributed by atoms with Crippen molar-refractivity contribution in [2.24, 2.45) is 5.92 Å². The van der Waals surface area contributed by atoms with E-state index in [4.69, 9.17) is 4.52 Å². The Morgan fingerprint density at radius 2 is 1.68 bits per heavy atom. The van der Waals surface area contributed by atoms with Crippen LogP contribution in [-0.2, 0) is 0 Å². The second kappa shape index (κ2) is 8.29. The van der Waals surface area contributed by atoms with Gasteiger partial charge in [-0.1, -0.05) is 31.1 Å². The predicted octanol–water partition coefficient (Wildman–Crippen LogP) is 5.17. The SMILES string of the molecule is CC1=C(c2nc(-c3ccc(F)cc3)no2)C(c2ccc(F)cc2)NC(=O)N1CC(C)C. The molecular formula is C23H22F2N4O2. The highest BCUT2D eigenvalue weighted by Gasteiger charge is 2.35. The molecular weight excluding hydrogens is 402 g/mol. The molecule has 2 aromatic carbocycles. The summed E-state index contributed by atoms with van der Waals surface area (Å²) in [5, 5.41) is 7.01. The zero-order chi connectivity index (χ0) is 22.1. The van der Waals surface area contributed by atoms with E-state index in [9.17, 15) is 13.6 Å². The topological polar surface area (TPSA) is 71.3 Å². The molecule has 0 spiro atoms. The van der Waals surface area contributed by atoms with Crippen molar-refractivity contribution in [3.63, 3.8) is 0 Å². The molecule has 0 radical (unpaired) electrons. The molecule has 1 aliphatic heterocycles. The number of amides is 2. The van der Waals surface area contributed by atoms with Crippen molar-refractivity contribution < 1.29 is 18.1 Å². The molecule has 0 fully saturated rings. The third-order valence-corrected chi connectivity index (χ3v) is 5.11. The van der Waals surface area contributed by atoms with Gasteiger partial charge in [0.2, 0.25) is 5.82 Å². The van der Waals surface area contributed by atoms with Crippen molar-refractivity contribution in [3.05, 3.63) is 77.3 Å². The molecule has 1 N–H and O–H groups in total. The minimum absolute atomic E-state index is 0.236. The van der Waals surface area contributed by atoms with Crippen molar-refractivity contribution >= 4 is 11.6 Å². The van der Waals surface area contributed by atoms with E-state index < -0.39 is 6.04 Å². The van der Waals surface area contributed by atoms with E-state index in [-0.39, 0.29) is 29.5 Å². The first-order valence-corrected chi connectivity index (χ1v) is 9.97. The zero-order valence-corrected chi connectivity index (χ0v) is 17.4. The van der Waals surface area contributed by atoms with Gasteiger partial charge >= 0.3 is 6.03 Å². The van der Waals surface area contributed by atoms with E-state index in [2.05, 4.69) is 15.5 Å². The van der Waals surface area contributed by atoms with Crippen LogP contribution < -0.4 is 5.32 Å². The van der Waals surface area contributed by atoms with Crippen LogP contribution in [0.15, 0.2) is 58.8 Å². The van der Waals surface area contributed by atoms with Crippen LogP contribution in [0.25, 0.3) is 17.0 Å². The average molecular weight is 424 g/mol. The number of carbonyl (C=O) groups is 1. The standard InChI is InChI=1S/C23H22F2N4O2/c1-13(2)12-29-14(3)19(20(26-23(29)30)15-4-8-17(24)9-5-15)22-27-21(28-31-22)16-6-10-18(25)11-7-16/h4-11,13,20H,12H2,1-3H3,(H,26,30). The number of carbonyl (C=O) groups excluding carboxylic acids is 1. The number of hydrogen-bond acceptors (Lipinski definition) is 4. The molecule has 1 aliphatic rings. The monoisotopic (exact) mass is 424 g/mol. The van der Waals surface area contributed by atoms with Gasteiger partial charge in [0.05, 0.1) is 11.6 Å². The lowest BCUT2D eigenvalue weighted by Gasteiger charge is -2.36. The van der Waals surface area contributed by atoms with Crippen LogP contribution in [0.4, 0.5) is 13.6 Å². The van der Waals surface area contributed by atoms with E-state index in [0.717, 1.165) is 0 Å². The molecule has 2 heterocycles. The van der Waals surface area contributed by atoms with Gasteiger partial charge < -0.3 is 9.84 Å². The normalized spacial score (nSPS) is 16.8. The Bertz CT molecular complexity index is 1120. The Hall–Kier alpha value is -3.55. The third kappa shape index (κ3) is 4.19. The molecule has 6 nitrogen and oxygen atoms in total. The second-order valence-corrected chi connectivity index (χ2v) is 7.87.